The fourth-order valence-electron chi connectivity index (χ4n) is 5.05. The van der Waals surface area contributed by atoms with Crippen molar-refractivity contribution in [3.05, 3.63) is 71.4 Å². The van der Waals surface area contributed by atoms with Crippen LogP contribution in [0, 0.1) is 5.92 Å². The minimum Gasteiger partial charge on any atom is -0.481 e. The van der Waals surface area contributed by atoms with Crippen molar-refractivity contribution >= 4 is 23.8 Å². The van der Waals surface area contributed by atoms with Crippen molar-refractivity contribution in [1.82, 2.24) is 15.5 Å². The molecule has 0 radical (unpaired) electrons. The van der Waals surface area contributed by atoms with Gasteiger partial charge in [0.25, 0.3) is 5.91 Å². The number of H-pyrrole nitrogens is 1. The number of aromatic nitrogens is 2. The summed E-state index contributed by atoms with van der Waals surface area (Å²) in [5, 5.41) is 21.2. The molecule has 1 fully saturated rings. The lowest BCUT2D eigenvalue weighted by Crippen LogP contribution is -2.40. The fourth-order valence-corrected chi connectivity index (χ4v) is 5.05. The molecule has 1 heterocycles. The molecule has 0 unspecified atom stereocenters. The van der Waals surface area contributed by atoms with Crippen molar-refractivity contribution in [2.75, 3.05) is 11.9 Å². The molecule has 5 rings (SSSR count). The first-order valence-corrected chi connectivity index (χ1v) is 11.7. The minimum atomic E-state index is -0.833. The fraction of sp³-hybridized carbons (Fsp3) is 0.308. The number of carboxylic acids is 1. The second kappa shape index (κ2) is 9.61. The van der Waals surface area contributed by atoms with Gasteiger partial charge in [0.15, 0.2) is 5.82 Å². The van der Waals surface area contributed by atoms with Gasteiger partial charge in [-0.15, -0.1) is 0 Å². The molecule has 3 aromatic rings. The molecule has 1 aromatic heterocycles. The molecule has 0 spiro atoms. The highest BCUT2D eigenvalue weighted by Crippen LogP contribution is 2.44. The maximum absolute atomic E-state index is 12.5. The van der Waals surface area contributed by atoms with Crippen LogP contribution in [0.3, 0.4) is 0 Å². The standard InChI is InChI=1S/C26H26N4O5/c31-24(27-16-7-5-6-15(12-16)25(32)33)22-13-23(30-29-22)28-26(34)35-14-21-19-10-3-1-8-17(19)18-9-2-4-11-20(18)21/h1-4,8-11,13,15-16,21H,5-7,12,14H2,(H,27,31)(H,32,33)(H2,28,29,30,34)/t15-,16+/m1/s1. The van der Waals surface area contributed by atoms with Gasteiger partial charge >= 0.3 is 12.1 Å². The summed E-state index contributed by atoms with van der Waals surface area (Å²) in [4.78, 5) is 36.2. The van der Waals surface area contributed by atoms with E-state index in [-0.39, 0.29) is 30.1 Å². The summed E-state index contributed by atoms with van der Waals surface area (Å²) in [5.74, 6) is -1.56. The Labute approximate surface area is 201 Å². The SMILES string of the molecule is O=C(Nc1cc(C(=O)N[C@H]2CCC[C@@H](C(=O)O)C2)[nH]n1)OCC1c2ccccc2-c2ccccc21. The Morgan fingerprint density at radius 2 is 1.71 bits per heavy atom. The maximum Gasteiger partial charge on any atom is 0.412 e. The van der Waals surface area contributed by atoms with Crippen molar-refractivity contribution in [2.45, 2.75) is 37.6 Å². The number of anilines is 1. The molecule has 180 valence electrons. The summed E-state index contributed by atoms with van der Waals surface area (Å²) in [5.41, 5.74) is 4.71. The number of aliphatic carboxylic acids is 1. The molecular formula is C26H26N4O5. The number of carboxylic acid groups (broad SMARTS) is 1. The lowest BCUT2D eigenvalue weighted by Gasteiger charge is -2.27. The predicted molar refractivity (Wildman–Crippen MR) is 128 cm³/mol. The van der Waals surface area contributed by atoms with E-state index in [2.05, 4.69) is 33.0 Å². The molecule has 4 N–H and O–H groups in total. The Morgan fingerprint density at radius 1 is 1.03 bits per heavy atom. The van der Waals surface area contributed by atoms with Crippen molar-refractivity contribution in [2.24, 2.45) is 5.92 Å². The third-order valence-corrected chi connectivity index (χ3v) is 6.75. The normalized spacial score (nSPS) is 18.9. The lowest BCUT2D eigenvalue weighted by molar-refractivity contribution is -0.143. The summed E-state index contributed by atoms with van der Waals surface area (Å²) >= 11 is 0. The van der Waals surface area contributed by atoms with Crippen LogP contribution >= 0.6 is 0 Å². The van der Waals surface area contributed by atoms with Gasteiger partial charge in [0.05, 0.1) is 5.92 Å². The number of benzene rings is 2. The molecule has 35 heavy (non-hydrogen) atoms. The highest BCUT2D eigenvalue weighted by molar-refractivity contribution is 5.94. The minimum absolute atomic E-state index is 0.0567. The zero-order chi connectivity index (χ0) is 24.4. The van der Waals surface area contributed by atoms with Gasteiger partial charge in [-0.1, -0.05) is 55.0 Å². The zero-order valence-electron chi connectivity index (χ0n) is 19.0. The van der Waals surface area contributed by atoms with E-state index >= 15 is 0 Å². The molecule has 2 aliphatic rings. The number of hydrogen-bond donors (Lipinski definition) is 4. The van der Waals surface area contributed by atoms with Gasteiger partial charge in [0.1, 0.15) is 12.3 Å². The smallest absolute Gasteiger partial charge is 0.412 e. The van der Waals surface area contributed by atoms with E-state index < -0.39 is 23.9 Å². The summed E-state index contributed by atoms with van der Waals surface area (Å²) < 4.78 is 5.51. The summed E-state index contributed by atoms with van der Waals surface area (Å²) in [6.45, 7) is 0.171. The van der Waals surface area contributed by atoms with Crippen molar-refractivity contribution in [3.63, 3.8) is 0 Å². The average molecular weight is 475 g/mol. The van der Waals surface area contributed by atoms with Crippen molar-refractivity contribution in [3.8, 4) is 11.1 Å². The molecule has 9 nitrogen and oxygen atoms in total. The van der Waals surface area contributed by atoms with Gasteiger partial charge < -0.3 is 15.2 Å². The number of aromatic amines is 1. The van der Waals surface area contributed by atoms with E-state index in [4.69, 9.17) is 4.74 Å². The van der Waals surface area contributed by atoms with Crippen LogP contribution < -0.4 is 10.6 Å². The number of hydrogen-bond acceptors (Lipinski definition) is 5. The Bertz CT molecular complexity index is 1220. The molecule has 2 amide bonds. The number of carbonyl (C=O) groups is 3. The molecule has 1 saturated carbocycles. The van der Waals surface area contributed by atoms with E-state index in [1.807, 2.05) is 36.4 Å². The van der Waals surface area contributed by atoms with Gasteiger partial charge in [-0.3, -0.25) is 20.0 Å². The number of fused-ring (bicyclic) bond motifs is 3. The number of amides is 2. The van der Waals surface area contributed by atoms with Crippen LogP contribution in [0.15, 0.2) is 54.6 Å². The van der Waals surface area contributed by atoms with Crippen LogP contribution in [0.4, 0.5) is 10.6 Å². The number of carbonyl (C=O) groups excluding carboxylic acids is 2. The highest BCUT2D eigenvalue weighted by Gasteiger charge is 2.30. The third kappa shape index (κ3) is 4.75. The zero-order valence-corrected chi connectivity index (χ0v) is 19.0. The quantitative estimate of drug-likeness (QED) is 0.424. The first-order valence-electron chi connectivity index (χ1n) is 11.7. The largest absolute Gasteiger partial charge is 0.481 e. The topological polar surface area (TPSA) is 133 Å². The predicted octanol–water partition coefficient (Wildman–Crippen LogP) is 4.14. The van der Waals surface area contributed by atoms with Crippen molar-refractivity contribution < 1.29 is 24.2 Å². The van der Waals surface area contributed by atoms with E-state index in [1.54, 1.807) is 0 Å². The summed E-state index contributed by atoms with van der Waals surface area (Å²) in [7, 11) is 0. The number of nitrogens with one attached hydrogen (secondary N) is 3. The van der Waals surface area contributed by atoms with Crippen LogP contribution in [0.1, 0.15) is 53.2 Å². The van der Waals surface area contributed by atoms with Crippen LogP contribution in [-0.2, 0) is 9.53 Å². The lowest BCUT2D eigenvalue weighted by atomic mass is 9.86. The molecule has 0 aliphatic heterocycles. The first-order chi connectivity index (χ1) is 17.0. The summed E-state index contributed by atoms with van der Waals surface area (Å²) in [6, 6.07) is 17.4. The molecule has 0 bridgehead atoms. The summed E-state index contributed by atoms with van der Waals surface area (Å²) in [6.07, 6.45) is 1.84. The van der Waals surface area contributed by atoms with Crippen molar-refractivity contribution in [1.29, 1.82) is 0 Å². The monoisotopic (exact) mass is 474 g/mol. The Balaban J connectivity index is 1.17. The van der Waals surface area contributed by atoms with Gasteiger partial charge in [-0.2, -0.15) is 5.10 Å². The van der Waals surface area contributed by atoms with E-state index in [1.165, 1.54) is 6.07 Å². The second-order valence-corrected chi connectivity index (χ2v) is 8.99. The van der Waals surface area contributed by atoms with Gasteiger partial charge in [0.2, 0.25) is 0 Å². The Hall–Kier alpha value is -4.14. The Kier molecular flexibility index (Phi) is 6.22. The highest BCUT2D eigenvalue weighted by atomic mass is 16.5. The molecule has 2 atom stereocenters. The number of ether oxygens (including phenoxy) is 1. The maximum atomic E-state index is 12.5. The molecular weight excluding hydrogens is 448 g/mol. The Morgan fingerprint density at radius 3 is 2.40 bits per heavy atom. The first kappa shape index (κ1) is 22.6. The van der Waals surface area contributed by atoms with E-state index in [0.29, 0.717) is 12.8 Å². The molecule has 2 aliphatic carbocycles. The van der Waals surface area contributed by atoms with Gasteiger partial charge in [0, 0.05) is 18.0 Å². The second-order valence-electron chi connectivity index (χ2n) is 8.99. The van der Waals surface area contributed by atoms with Crippen LogP contribution in [-0.4, -0.2) is 45.9 Å². The van der Waals surface area contributed by atoms with Crippen LogP contribution in [0.5, 0.6) is 0 Å². The van der Waals surface area contributed by atoms with Gasteiger partial charge in [-0.25, -0.2) is 4.79 Å². The molecule has 0 saturated heterocycles. The molecule has 2 aromatic carbocycles. The average Bonchev–Trinajstić information content (AvgIpc) is 3.46. The number of rotatable bonds is 6. The van der Waals surface area contributed by atoms with Crippen LogP contribution in [0.25, 0.3) is 11.1 Å². The van der Waals surface area contributed by atoms with Gasteiger partial charge in [-0.05, 0) is 41.5 Å². The van der Waals surface area contributed by atoms with E-state index in [0.717, 1.165) is 35.1 Å². The third-order valence-electron chi connectivity index (χ3n) is 6.75. The molecule has 9 heteroatoms. The number of nitrogens with zero attached hydrogens (tertiary/aromatic N) is 1. The van der Waals surface area contributed by atoms with Crippen LogP contribution in [0.2, 0.25) is 0 Å². The van der Waals surface area contributed by atoms with E-state index in [9.17, 15) is 19.5 Å².